The summed E-state index contributed by atoms with van der Waals surface area (Å²) in [5, 5.41) is 15.2. The van der Waals surface area contributed by atoms with E-state index >= 15 is 0 Å². The standard InChI is InChI=1S/C28H32N2O5/c31-26(30-25(27(32)33)17-8-2-1-3-9-17)18-14-19(15-18)29-28(34)35-16-24-22-12-6-4-10-20(22)21-11-5-7-13-23(21)24/h4-7,10-13,17-19,24-25H,1-3,8-9,14-16H2,(H,29,34)(H,30,31)(H,32,33). The highest BCUT2D eigenvalue weighted by Gasteiger charge is 2.39. The maximum atomic E-state index is 12.6. The summed E-state index contributed by atoms with van der Waals surface area (Å²) in [5.41, 5.74) is 4.68. The van der Waals surface area contributed by atoms with E-state index < -0.39 is 18.1 Å². The van der Waals surface area contributed by atoms with Gasteiger partial charge in [0.1, 0.15) is 12.6 Å². The molecular weight excluding hydrogens is 444 g/mol. The van der Waals surface area contributed by atoms with Crippen LogP contribution in [0, 0.1) is 11.8 Å². The highest BCUT2D eigenvalue weighted by molar-refractivity contribution is 5.86. The van der Waals surface area contributed by atoms with Gasteiger partial charge in [-0.25, -0.2) is 9.59 Å². The fraction of sp³-hybridized carbons (Fsp3) is 0.464. The van der Waals surface area contributed by atoms with Crippen molar-refractivity contribution in [3.05, 3.63) is 59.7 Å². The summed E-state index contributed by atoms with van der Waals surface area (Å²) < 4.78 is 5.59. The molecule has 1 unspecified atom stereocenters. The Kier molecular flexibility index (Phi) is 6.75. The topological polar surface area (TPSA) is 105 Å². The van der Waals surface area contributed by atoms with Crippen LogP contribution in [0.25, 0.3) is 11.1 Å². The van der Waals surface area contributed by atoms with Gasteiger partial charge in [0.2, 0.25) is 5.91 Å². The van der Waals surface area contributed by atoms with Gasteiger partial charge in [-0.1, -0.05) is 67.8 Å². The molecule has 0 saturated heterocycles. The van der Waals surface area contributed by atoms with Crippen molar-refractivity contribution in [2.75, 3.05) is 6.61 Å². The van der Waals surface area contributed by atoms with Crippen molar-refractivity contribution in [3.8, 4) is 11.1 Å². The first-order valence-electron chi connectivity index (χ1n) is 12.7. The van der Waals surface area contributed by atoms with Crippen LogP contribution in [0.15, 0.2) is 48.5 Å². The Morgan fingerprint density at radius 3 is 2.11 bits per heavy atom. The van der Waals surface area contributed by atoms with Crippen molar-refractivity contribution in [2.45, 2.75) is 62.9 Å². The third kappa shape index (κ3) is 4.90. The summed E-state index contributed by atoms with van der Waals surface area (Å²) in [4.78, 5) is 36.8. The van der Waals surface area contributed by atoms with E-state index in [1.807, 2.05) is 24.3 Å². The zero-order valence-electron chi connectivity index (χ0n) is 19.7. The second kappa shape index (κ2) is 10.1. The van der Waals surface area contributed by atoms with E-state index in [9.17, 15) is 19.5 Å². The summed E-state index contributed by atoms with van der Waals surface area (Å²) in [5.74, 6) is -1.47. The van der Waals surface area contributed by atoms with Crippen molar-refractivity contribution in [3.63, 3.8) is 0 Å². The van der Waals surface area contributed by atoms with Gasteiger partial charge in [0.15, 0.2) is 0 Å². The zero-order valence-corrected chi connectivity index (χ0v) is 19.7. The van der Waals surface area contributed by atoms with Gasteiger partial charge in [0.25, 0.3) is 0 Å². The molecule has 0 radical (unpaired) electrons. The molecule has 0 spiro atoms. The van der Waals surface area contributed by atoms with Gasteiger partial charge in [0, 0.05) is 17.9 Å². The number of hydrogen-bond donors (Lipinski definition) is 3. The molecule has 3 aliphatic carbocycles. The van der Waals surface area contributed by atoms with Crippen LogP contribution < -0.4 is 10.6 Å². The van der Waals surface area contributed by atoms with Crippen LogP contribution in [0.1, 0.15) is 62.0 Å². The van der Waals surface area contributed by atoms with Crippen molar-refractivity contribution in [1.82, 2.24) is 10.6 Å². The molecular formula is C28H32N2O5. The van der Waals surface area contributed by atoms with Gasteiger partial charge >= 0.3 is 12.1 Å². The van der Waals surface area contributed by atoms with Crippen LogP contribution in [0.3, 0.4) is 0 Å². The van der Waals surface area contributed by atoms with E-state index in [4.69, 9.17) is 4.74 Å². The predicted molar refractivity (Wildman–Crippen MR) is 131 cm³/mol. The lowest BCUT2D eigenvalue weighted by atomic mass is 9.78. The lowest BCUT2D eigenvalue weighted by Crippen LogP contribution is -2.54. The number of nitrogens with one attached hydrogen (secondary N) is 2. The number of carbonyl (C=O) groups excluding carboxylic acids is 2. The Labute approximate surface area is 205 Å². The Balaban J connectivity index is 1.09. The Morgan fingerprint density at radius 2 is 1.51 bits per heavy atom. The summed E-state index contributed by atoms with van der Waals surface area (Å²) >= 11 is 0. The van der Waals surface area contributed by atoms with Crippen LogP contribution >= 0.6 is 0 Å². The first kappa shape index (κ1) is 23.4. The molecule has 3 N–H and O–H groups in total. The average molecular weight is 477 g/mol. The van der Waals surface area contributed by atoms with Gasteiger partial charge in [-0.2, -0.15) is 0 Å². The SMILES string of the molecule is O=C(NC1CC(C(=O)NC(C(=O)O)C2CCCCC2)C1)OCC1c2ccccc2-c2ccccc21. The molecule has 0 aromatic heterocycles. The lowest BCUT2D eigenvalue weighted by Gasteiger charge is -2.36. The van der Waals surface area contributed by atoms with Gasteiger partial charge in [0.05, 0.1) is 0 Å². The molecule has 1 atom stereocenters. The van der Waals surface area contributed by atoms with Crippen LogP contribution in [0.4, 0.5) is 4.79 Å². The molecule has 2 amide bonds. The van der Waals surface area contributed by atoms with Crippen molar-refractivity contribution in [1.29, 1.82) is 0 Å². The molecule has 2 aromatic rings. The monoisotopic (exact) mass is 476 g/mol. The lowest BCUT2D eigenvalue weighted by molar-refractivity contribution is -0.145. The number of aliphatic carboxylic acids is 1. The summed E-state index contributed by atoms with van der Waals surface area (Å²) in [6.45, 7) is 0.248. The van der Waals surface area contributed by atoms with E-state index in [1.54, 1.807) is 0 Å². The molecule has 0 heterocycles. The van der Waals surface area contributed by atoms with Gasteiger partial charge in [-0.05, 0) is 53.9 Å². The molecule has 0 bridgehead atoms. The number of rotatable bonds is 7. The van der Waals surface area contributed by atoms with Crippen molar-refractivity contribution < 1.29 is 24.2 Å². The number of carbonyl (C=O) groups is 3. The first-order valence-corrected chi connectivity index (χ1v) is 12.7. The quantitative estimate of drug-likeness (QED) is 0.548. The molecule has 2 aromatic carbocycles. The number of benzene rings is 2. The van der Waals surface area contributed by atoms with Crippen LogP contribution in [0.5, 0.6) is 0 Å². The molecule has 2 fully saturated rings. The van der Waals surface area contributed by atoms with E-state index in [1.165, 1.54) is 11.1 Å². The normalized spacial score (nSPS) is 22.3. The molecule has 35 heavy (non-hydrogen) atoms. The van der Waals surface area contributed by atoms with Gasteiger partial charge in [-0.3, -0.25) is 4.79 Å². The number of hydrogen-bond acceptors (Lipinski definition) is 4. The van der Waals surface area contributed by atoms with E-state index in [-0.39, 0.29) is 36.3 Å². The second-order valence-electron chi connectivity index (χ2n) is 10.1. The third-order valence-electron chi connectivity index (χ3n) is 7.86. The Bertz CT molecular complexity index is 1060. The zero-order chi connectivity index (χ0) is 24.4. The Hall–Kier alpha value is -3.35. The maximum absolute atomic E-state index is 12.6. The summed E-state index contributed by atoms with van der Waals surface area (Å²) in [6.07, 6.45) is 5.34. The molecule has 7 heteroatoms. The minimum absolute atomic E-state index is 0.0000229. The van der Waals surface area contributed by atoms with Gasteiger partial charge in [-0.15, -0.1) is 0 Å². The van der Waals surface area contributed by atoms with Crippen LogP contribution in [-0.2, 0) is 14.3 Å². The van der Waals surface area contributed by atoms with E-state index in [0.717, 1.165) is 43.2 Å². The highest BCUT2D eigenvalue weighted by Crippen LogP contribution is 2.44. The number of carboxylic acids is 1. The number of fused-ring (bicyclic) bond motifs is 3. The van der Waals surface area contributed by atoms with Crippen molar-refractivity contribution >= 4 is 18.0 Å². The third-order valence-corrected chi connectivity index (χ3v) is 7.86. The molecule has 2 saturated carbocycles. The smallest absolute Gasteiger partial charge is 0.407 e. The largest absolute Gasteiger partial charge is 0.480 e. The molecule has 0 aliphatic heterocycles. The van der Waals surface area contributed by atoms with Crippen LogP contribution in [-0.4, -0.2) is 41.8 Å². The fourth-order valence-electron chi connectivity index (χ4n) is 5.88. The molecule has 7 nitrogen and oxygen atoms in total. The minimum atomic E-state index is -0.960. The molecule has 5 rings (SSSR count). The second-order valence-corrected chi connectivity index (χ2v) is 10.1. The molecule has 3 aliphatic rings. The van der Waals surface area contributed by atoms with E-state index in [0.29, 0.717) is 12.8 Å². The first-order chi connectivity index (χ1) is 17.0. The average Bonchev–Trinajstić information content (AvgIpc) is 3.17. The predicted octanol–water partition coefficient (Wildman–Crippen LogP) is 4.45. The van der Waals surface area contributed by atoms with E-state index in [2.05, 4.69) is 34.9 Å². The van der Waals surface area contributed by atoms with Gasteiger partial charge < -0.3 is 20.5 Å². The summed E-state index contributed by atoms with van der Waals surface area (Å²) in [6, 6.07) is 15.4. The number of amides is 2. The number of alkyl carbamates (subject to hydrolysis) is 1. The minimum Gasteiger partial charge on any atom is -0.480 e. The summed E-state index contributed by atoms with van der Waals surface area (Å²) in [7, 11) is 0. The highest BCUT2D eigenvalue weighted by atomic mass is 16.5. The fourth-order valence-corrected chi connectivity index (χ4v) is 5.88. The van der Waals surface area contributed by atoms with Crippen molar-refractivity contribution in [2.24, 2.45) is 11.8 Å². The number of ether oxygens (including phenoxy) is 1. The van der Waals surface area contributed by atoms with Crippen LogP contribution in [0.2, 0.25) is 0 Å². The Morgan fingerprint density at radius 1 is 0.914 bits per heavy atom. The molecule has 184 valence electrons. The number of carboxylic acid groups (broad SMARTS) is 1. The maximum Gasteiger partial charge on any atom is 0.407 e.